The Morgan fingerprint density at radius 3 is 2.56 bits per heavy atom. The molecule has 0 aliphatic rings. The van der Waals surface area contributed by atoms with Gasteiger partial charge < -0.3 is 10.1 Å². The van der Waals surface area contributed by atoms with E-state index in [0.29, 0.717) is 0 Å². The van der Waals surface area contributed by atoms with Crippen molar-refractivity contribution >= 4 is 5.91 Å². The molecular formula is C14H22N2O2. The van der Waals surface area contributed by atoms with Crippen LogP contribution in [0.3, 0.4) is 0 Å². The molecule has 0 bridgehead atoms. The number of nitrogens with one attached hydrogen (secondary N) is 2. The first-order valence-corrected chi connectivity index (χ1v) is 6.11. The van der Waals surface area contributed by atoms with Gasteiger partial charge in [0.15, 0.2) is 0 Å². The zero-order chi connectivity index (χ0) is 13.7. The minimum absolute atomic E-state index is 0.0199. The zero-order valence-electron chi connectivity index (χ0n) is 11.7. The van der Waals surface area contributed by atoms with Gasteiger partial charge >= 0.3 is 0 Å². The molecule has 2 unspecified atom stereocenters. The normalized spacial score (nSPS) is 13.8. The largest absolute Gasteiger partial charge is 0.496 e. The topological polar surface area (TPSA) is 50.4 Å². The average molecular weight is 250 g/mol. The fourth-order valence-corrected chi connectivity index (χ4v) is 1.95. The average Bonchev–Trinajstić information content (AvgIpc) is 2.37. The molecule has 0 fully saturated rings. The van der Waals surface area contributed by atoms with E-state index in [1.165, 1.54) is 5.56 Å². The van der Waals surface area contributed by atoms with Crippen molar-refractivity contribution in [2.24, 2.45) is 0 Å². The molecule has 4 heteroatoms. The van der Waals surface area contributed by atoms with Crippen molar-refractivity contribution in [3.05, 3.63) is 29.3 Å². The van der Waals surface area contributed by atoms with E-state index in [2.05, 4.69) is 16.7 Å². The van der Waals surface area contributed by atoms with Gasteiger partial charge in [-0.05, 0) is 26.8 Å². The van der Waals surface area contributed by atoms with Crippen LogP contribution in [0.1, 0.15) is 31.0 Å². The highest BCUT2D eigenvalue weighted by Gasteiger charge is 2.17. The molecule has 1 aromatic carbocycles. The monoisotopic (exact) mass is 250 g/mol. The number of hydrogen-bond donors (Lipinski definition) is 2. The zero-order valence-corrected chi connectivity index (χ0v) is 11.7. The first kappa shape index (κ1) is 14.5. The van der Waals surface area contributed by atoms with Gasteiger partial charge in [0, 0.05) is 18.7 Å². The summed E-state index contributed by atoms with van der Waals surface area (Å²) in [5, 5.41) is 5.89. The fraction of sp³-hybridized carbons (Fsp3) is 0.500. The van der Waals surface area contributed by atoms with E-state index < -0.39 is 0 Å². The molecule has 0 radical (unpaired) electrons. The quantitative estimate of drug-likeness (QED) is 0.837. The van der Waals surface area contributed by atoms with Gasteiger partial charge in [0.2, 0.25) is 5.91 Å². The van der Waals surface area contributed by atoms with Crippen LogP contribution >= 0.6 is 0 Å². The standard InChI is InChI=1S/C14H22N2O2/c1-9-6-7-13(18-5)12(8-9)10(2)16-11(3)14(17)15-4/h6-8,10-11,16H,1-5H3,(H,15,17). The van der Waals surface area contributed by atoms with Gasteiger partial charge in [0.1, 0.15) is 5.75 Å². The summed E-state index contributed by atoms with van der Waals surface area (Å²) in [5.41, 5.74) is 2.24. The number of carbonyl (C=O) groups excluding carboxylic acids is 1. The Morgan fingerprint density at radius 1 is 1.33 bits per heavy atom. The highest BCUT2D eigenvalue weighted by atomic mass is 16.5. The molecule has 1 rings (SSSR count). The van der Waals surface area contributed by atoms with E-state index >= 15 is 0 Å². The minimum atomic E-state index is -0.241. The van der Waals surface area contributed by atoms with Crippen LogP contribution < -0.4 is 15.4 Å². The van der Waals surface area contributed by atoms with Gasteiger partial charge in [0.25, 0.3) is 0 Å². The number of methoxy groups -OCH3 is 1. The summed E-state index contributed by atoms with van der Waals surface area (Å²) in [5.74, 6) is 0.818. The third-order valence-corrected chi connectivity index (χ3v) is 2.99. The van der Waals surface area contributed by atoms with E-state index in [-0.39, 0.29) is 18.0 Å². The number of benzene rings is 1. The van der Waals surface area contributed by atoms with Gasteiger partial charge in [-0.1, -0.05) is 17.7 Å². The van der Waals surface area contributed by atoms with Crippen LogP contribution in [0, 0.1) is 6.92 Å². The second-order valence-corrected chi connectivity index (χ2v) is 4.47. The number of carbonyl (C=O) groups is 1. The first-order valence-electron chi connectivity index (χ1n) is 6.11. The van der Waals surface area contributed by atoms with Crippen molar-refractivity contribution in [2.45, 2.75) is 32.9 Å². The Bertz CT molecular complexity index is 418. The fourth-order valence-electron chi connectivity index (χ4n) is 1.95. The maximum Gasteiger partial charge on any atom is 0.236 e. The smallest absolute Gasteiger partial charge is 0.236 e. The lowest BCUT2D eigenvalue weighted by molar-refractivity contribution is -0.122. The number of hydrogen-bond acceptors (Lipinski definition) is 3. The van der Waals surface area contributed by atoms with E-state index in [9.17, 15) is 4.79 Å². The number of rotatable bonds is 5. The highest BCUT2D eigenvalue weighted by molar-refractivity contribution is 5.81. The van der Waals surface area contributed by atoms with Gasteiger partial charge in [0.05, 0.1) is 13.2 Å². The Labute approximate surface area is 109 Å². The maximum absolute atomic E-state index is 11.5. The van der Waals surface area contributed by atoms with Gasteiger partial charge in [-0.25, -0.2) is 0 Å². The molecule has 100 valence electrons. The summed E-state index contributed by atoms with van der Waals surface area (Å²) < 4.78 is 5.35. The molecule has 0 heterocycles. The molecule has 0 aromatic heterocycles. The van der Waals surface area contributed by atoms with Crippen molar-refractivity contribution in [3.8, 4) is 5.75 Å². The van der Waals surface area contributed by atoms with Crippen LogP contribution in [0.5, 0.6) is 5.75 Å². The molecule has 18 heavy (non-hydrogen) atoms. The molecule has 0 saturated carbocycles. The number of amides is 1. The molecule has 0 saturated heterocycles. The van der Waals surface area contributed by atoms with E-state index in [0.717, 1.165) is 11.3 Å². The van der Waals surface area contributed by atoms with Crippen molar-refractivity contribution in [1.29, 1.82) is 0 Å². The molecule has 1 aromatic rings. The summed E-state index contributed by atoms with van der Waals surface area (Å²) >= 11 is 0. The van der Waals surface area contributed by atoms with Crippen LogP contribution in [0.4, 0.5) is 0 Å². The SMILES string of the molecule is CNC(=O)C(C)NC(C)c1cc(C)ccc1OC. The van der Waals surface area contributed by atoms with E-state index in [4.69, 9.17) is 4.74 Å². The Morgan fingerprint density at radius 2 is 2.00 bits per heavy atom. The summed E-state index contributed by atoms with van der Waals surface area (Å²) in [6.45, 7) is 5.91. The predicted molar refractivity (Wildman–Crippen MR) is 72.8 cm³/mol. The van der Waals surface area contributed by atoms with Crippen LogP contribution in [-0.2, 0) is 4.79 Å². The third kappa shape index (κ3) is 3.47. The first-order chi connectivity index (χ1) is 8.49. The number of likely N-dealkylation sites (N-methyl/N-ethyl adjacent to an activating group) is 1. The molecule has 0 aliphatic carbocycles. The lowest BCUT2D eigenvalue weighted by Gasteiger charge is -2.21. The Hall–Kier alpha value is -1.55. The highest BCUT2D eigenvalue weighted by Crippen LogP contribution is 2.26. The van der Waals surface area contributed by atoms with Gasteiger partial charge in [-0.15, -0.1) is 0 Å². The second-order valence-electron chi connectivity index (χ2n) is 4.47. The molecule has 4 nitrogen and oxygen atoms in total. The second kappa shape index (κ2) is 6.40. The van der Waals surface area contributed by atoms with Crippen molar-refractivity contribution in [2.75, 3.05) is 14.2 Å². The molecule has 2 N–H and O–H groups in total. The number of aryl methyl sites for hydroxylation is 1. The summed E-state index contributed by atoms with van der Waals surface area (Å²) in [6.07, 6.45) is 0. The van der Waals surface area contributed by atoms with Gasteiger partial charge in [-0.3, -0.25) is 10.1 Å². The van der Waals surface area contributed by atoms with Crippen LogP contribution in [0.25, 0.3) is 0 Å². The maximum atomic E-state index is 11.5. The summed E-state index contributed by atoms with van der Waals surface area (Å²) in [4.78, 5) is 11.5. The van der Waals surface area contributed by atoms with Gasteiger partial charge in [-0.2, -0.15) is 0 Å². The predicted octanol–water partition coefficient (Wildman–Crippen LogP) is 1.79. The van der Waals surface area contributed by atoms with Crippen molar-refractivity contribution < 1.29 is 9.53 Å². The Balaban J connectivity index is 2.86. The molecule has 1 amide bonds. The summed E-state index contributed by atoms with van der Waals surface area (Å²) in [7, 11) is 3.29. The van der Waals surface area contributed by atoms with Crippen molar-refractivity contribution in [3.63, 3.8) is 0 Å². The summed E-state index contributed by atoms with van der Waals surface area (Å²) in [6, 6.07) is 5.85. The lowest BCUT2D eigenvalue weighted by atomic mass is 10.0. The third-order valence-electron chi connectivity index (χ3n) is 2.99. The Kier molecular flexibility index (Phi) is 5.16. The van der Waals surface area contributed by atoms with E-state index in [1.54, 1.807) is 14.2 Å². The minimum Gasteiger partial charge on any atom is -0.496 e. The molecule has 2 atom stereocenters. The van der Waals surface area contributed by atoms with Crippen LogP contribution in [0.2, 0.25) is 0 Å². The van der Waals surface area contributed by atoms with E-state index in [1.807, 2.05) is 32.9 Å². The molecular weight excluding hydrogens is 228 g/mol. The lowest BCUT2D eigenvalue weighted by Crippen LogP contribution is -2.41. The molecule has 0 aliphatic heterocycles. The van der Waals surface area contributed by atoms with Crippen LogP contribution in [-0.4, -0.2) is 26.1 Å². The molecule has 0 spiro atoms. The number of ether oxygens (including phenoxy) is 1. The van der Waals surface area contributed by atoms with Crippen LogP contribution in [0.15, 0.2) is 18.2 Å². The van der Waals surface area contributed by atoms with Crippen molar-refractivity contribution in [1.82, 2.24) is 10.6 Å².